The van der Waals surface area contributed by atoms with E-state index in [0.717, 1.165) is 22.3 Å². The largest absolute Gasteiger partial charge is 0.265 e. The van der Waals surface area contributed by atoms with Crippen LogP contribution in [0.5, 0.6) is 0 Å². The summed E-state index contributed by atoms with van der Waals surface area (Å²) in [7, 11) is 0. The van der Waals surface area contributed by atoms with Gasteiger partial charge in [0, 0.05) is 48.3 Å². The maximum absolute atomic E-state index is 4.39. The maximum atomic E-state index is 4.39. The number of pyridine rings is 3. The van der Waals surface area contributed by atoms with Crippen LogP contribution in [0.25, 0.3) is 76.8 Å². The minimum absolute atomic E-state index is 1.09. The van der Waals surface area contributed by atoms with Crippen molar-refractivity contribution in [2.24, 2.45) is 0 Å². The van der Waals surface area contributed by atoms with Crippen molar-refractivity contribution in [3.63, 3.8) is 0 Å². The van der Waals surface area contributed by atoms with Crippen molar-refractivity contribution in [3.8, 4) is 44.5 Å². The van der Waals surface area contributed by atoms with Gasteiger partial charge >= 0.3 is 0 Å². The molecule has 0 N–H and O–H groups in total. The summed E-state index contributed by atoms with van der Waals surface area (Å²) in [5, 5.41) is 7.63. The van der Waals surface area contributed by atoms with E-state index in [1.54, 1.807) is 0 Å². The molecule has 40 heavy (non-hydrogen) atoms. The second-order valence-corrected chi connectivity index (χ2v) is 10.2. The van der Waals surface area contributed by atoms with Gasteiger partial charge in [0.2, 0.25) is 0 Å². The SMILES string of the molecule is c1cncc(-c2cc(-c3cccnc3)cc(-c3ccc4ccc5c(-c6ccncc6)ccc6ccc3c4c65)c2)c1. The zero-order valence-electron chi connectivity index (χ0n) is 21.6. The van der Waals surface area contributed by atoms with Gasteiger partial charge in [0.05, 0.1) is 0 Å². The Morgan fingerprint density at radius 2 is 0.850 bits per heavy atom. The summed E-state index contributed by atoms with van der Waals surface area (Å²) >= 11 is 0. The van der Waals surface area contributed by atoms with Crippen LogP contribution >= 0.6 is 0 Å². The number of rotatable bonds is 4. The summed E-state index contributed by atoms with van der Waals surface area (Å²) in [4.78, 5) is 13.0. The minimum Gasteiger partial charge on any atom is -0.265 e. The molecule has 3 aromatic heterocycles. The van der Waals surface area contributed by atoms with Crippen molar-refractivity contribution in [1.29, 1.82) is 0 Å². The molecule has 8 aromatic rings. The third-order valence-electron chi connectivity index (χ3n) is 7.89. The molecule has 3 heteroatoms. The molecule has 0 amide bonds. The quantitative estimate of drug-likeness (QED) is 0.222. The highest BCUT2D eigenvalue weighted by atomic mass is 14.6. The number of aromatic nitrogens is 3. The van der Waals surface area contributed by atoms with Gasteiger partial charge in [0.1, 0.15) is 0 Å². The van der Waals surface area contributed by atoms with Crippen molar-refractivity contribution in [2.75, 3.05) is 0 Å². The van der Waals surface area contributed by atoms with Gasteiger partial charge in [0.15, 0.2) is 0 Å². The molecular weight excluding hydrogens is 486 g/mol. The van der Waals surface area contributed by atoms with E-state index >= 15 is 0 Å². The zero-order chi connectivity index (χ0) is 26.5. The van der Waals surface area contributed by atoms with Crippen LogP contribution in [0.4, 0.5) is 0 Å². The smallest absolute Gasteiger partial charge is 0.0346 e. The van der Waals surface area contributed by atoms with Crippen LogP contribution in [0.1, 0.15) is 0 Å². The van der Waals surface area contributed by atoms with E-state index in [2.05, 4.69) is 106 Å². The lowest BCUT2D eigenvalue weighted by molar-refractivity contribution is 1.32. The fourth-order valence-corrected chi connectivity index (χ4v) is 6.02. The summed E-state index contributed by atoms with van der Waals surface area (Å²) in [6.45, 7) is 0. The van der Waals surface area contributed by atoms with Gasteiger partial charge in [-0.2, -0.15) is 0 Å². The summed E-state index contributed by atoms with van der Waals surface area (Å²) in [5.41, 5.74) is 9.25. The Hall–Kier alpha value is -5.41. The summed E-state index contributed by atoms with van der Waals surface area (Å²) in [5.74, 6) is 0. The standard InChI is InChI=1S/C37H23N3/c1-3-27(22-39-15-1)29-19-30(28-4-2-16-40-23-28)21-31(20-29)33-10-6-26-7-11-34-32(24-13-17-38-18-14-24)9-5-25-8-12-35(33)37(26)36(25)34/h1-23H. The van der Waals surface area contributed by atoms with Crippen LogP contribution in [-0.2, 0) is 0 Å². The number of benzene rings is 5. The molecule has 3 nitrogen and oxygen atoms in total. The lowest BCUT2D eigenvalue weighted by Crippen LogP contribution is -1.91. The molecule has 0 atom stereocenters. The first-order chi connectivity index (χ1) is 19.8. The highest BCUT2D eigenvalue weighted by Crippen LogP contribution is 2.43. The summed E-state index contributed by atoms with van der Waals surface area (Å²) in [6.07, 6.45) is 11.2. The second kappa shape index (κ2) is 9.11. The Kier molecular flexibility index (Phi) is 5.14. The van der Waals surface area contributed by atoms with Crippen molar-refractivity contribution in [1.82, 2.24) is 15.0 Å². The Morgan fingerprint density at radius 3 is 1.38 bits per heavy atom. The van der Waals surface area contributed by atoms with Gasteiger partial charge in [-0.1, -0.05) is 60.7 Å². The highest BCUT2D eigenvalue weighted by Gasteiger charge is 2.16. The Labute approximate surface area is 231 Å². The van der Waals surface area contributed by atoms with Crippen LogP contribution in [0, 0.1) is 0 Å². The van der Waals surface area contributed by atoms with E-state index in [1.165, 1.54) is 54.6 Å². The van der Waals surface area contributed by atoms with Gasteiger partial charge < -0.3 is 0 Å². The predicted octanol–water partition coefficient (Wildman–Crippen LogP) is 9.44. The average molecular weight is 510 g/mol. The van der Waals surface area contributed by atoms with Gasteiger partial charge in [-0.3, -0.25) is 15.0 Å². The molecule has 8 rings (SSSR count). The number of hydrogen-bond donors (Lipinski definition) is 0. The maximum Gasteiger partial charge on any atom is 0.0346 e. The Balaban J connectivity index is 1.41. The lowest BCUT2D eigenvalue weighted by Gasteiger charge is -2.17. The van der Waals surface area contributed by atoms with Crippen LogP contribution < -0.4 is 0 Å². The van der Waals surface area contributed by atoms with E-state index in [0.29, 0.717) is 0 Å². The van der Waals surface area contributed by atoms with Crippen LogP contribution in [0.15, 0.2) is 140 Å². The van der Waals surface area contributed by atoms with Crippen LogP contribution in [0.3, 0.4) is 0 Å². The monoisotopic (exact) mass is 509 g/mol. The minimum atomic E-state index is 1.09. The molecule has 186 valence electrons. The second-order valence-electron chi connectivity index (χ2n) is 10.2. The van der Waals surface area contributed by atoms with Crippen molar-refractivity contribution >= 4 is 32.3 Å². The van der Waals surface area contributed by atoms with Gasteiger partial charge in [-0.15, -0.1) is 0 Å². The van der Waals surface area contributed by atoms with Crippen molar-refractivity contribution < 1.29 is 0 Å². The fourth-order valence-electron chi connectivity index (χ4n) is 6.02. The molecule has 0 fully saturated rings. The molecule has 0 saturated carbocycles. The highest BCUT2D eigenvalue weighted by molar-refractivity contribution is 6.27. The predicted molar refractivity (Wildman–Crippen MR) is 165 cm³/mol. The van der Waals surface area contributed by atoms with Crippen LogP contribution in [-0.4, -0.2) is 15.0 Å². The average Bonchev–Trinajstić information content (AvgIpc) is 3.04. The molecule has 0 aliphatic carbocycles. The first kappa shape index (κ1) is 22.6. The molecule has 0 aliphatic rings. The van der Waals surface area contributed by atoms with E-state index in [9.17, 15) is 0 Å². The Bertz CT molecular complexity index is 2080. The molecule has 0 bridgehead atoms. The van der Waals surface area contributed by atoms with E-state index in [1.807, 2.05) is 49.3 Å². The van der Waals surface area contributed by atoms with Gasteiger partial charge in [-0.05, 0) is 108 Å². The zero-order valence-corrected chi connectivity index (χ0v) is 21.6. The third-order valence-corrected chi connectivity index (χ3v) is 7.89. The summed E-state index contributed by atoms with van der Waals surface area (Å²) < 4.78 is 0. The Morgan fingerprint density at radius 1 is 0.350 bits per heavy atom. The molecule has 0 aliphatic heterocycles. The van der Waals surface area contributed by atoms with Crippen molar-refractivity contribution in [2.45, 2.75) is 0 Å². The lowest BCUT2D eigenvalue weighted by atomic mass is 9.86. The van der Waals surface area contributed by atoms with E-state index in [-0.39, 0.29) is 0 Å². The molecule has 5 aromatic carbocycles. The molecule has 0 unspecified atom stereocenters. The van der Waals surface area contributed by atoms with Crippen LogP contribution in [0.2, 0.25) is 0 Å². The number of hydrogen-bond acceptors (Lipinski definition) is 3. The van der Waals surface area contributed by atoms with E-state index in [4.69, 9.17) is 0 Å². The molecule has 0 radical (unpaired) electrons. The first-order valence-electron chi connectivity index (χ1n) is 13.4. The molecule has 0 spiro atoms. The van der Waals surface area contributed by atoms with Crippen molar-refractivity contribution in [3.05, 3.63) is 140 Å². The van der Waals surface area contributed by atoms with E-state index < -0.39 is 0 Å². The topological polar surface area (TPSA) is 38.7 Å². The molecule has 3 heterocycles. The van der Waals surface area contributed by atoms with Gasteiger partial charge in [-0.25, -0.2) is 0 Å². The fraction of sp³-hybridized carbons (Fsp3) is 0. The summed E-state index contributed by atoms with van der Waals surface area (Å²) in [6, 6.07) is 37.2. The first-order valence-corrected chi connectivity index (χ1v) is 13.4. The number of nitrogens with zero attached hydrogens (tertiary/aromatic N) is 3. The van der Waals surface area contributed by atoms with Gasteiger partial charge in [0.25, 0.3) is 0 Å². The normalized spacial score (nSPS) is 11.5. The molecule has 0 saturated heterocycles. The third kappa shape index (κ3) is 3.63. The molecular formula is C37H23N3.